The Morgan fingerprint density at radius 2 is 1.95 bits per heavy atom. The molecule has 1 aromatic heterocycles. The quantitative estimate of drug-likeness (QED) is 0.246. The van der Waals surface area contributed by atoms with Crippen molar-refractivity contribution < 1.29 is 18.3 Å². The smallest absolute Gasteiger partial charge is 0.224 e. The molecule has 1 aliphatic heterocycles. The minimum absolute atomic E-state index is 0.0659. The van der Waals surface area contributed by atoms with Gasteiger partial charge in [0.1, 0.15) is 5.75 Å². The largest absolute Gasteiger partial charge is 0.491 e. The van der Waals surface area contributed by atoms with E-state index in [-0.39, 0.29) is 34.1 Å². The minimum Gasteiger partial charge on any atom is -0.491 e. The van der Waals surface area contributed by atoms with Crippen LogP contribution < -0.4 is 15.4 Å². The Balaban J connectivity index is 1.91. The summed E-state index contributed by atoms with van der Waals surface area (Å²) in [5.41, 5.74) is 3.32. The zero-order valence-electron chi connectivity index (χ0n) is 25.4. The summed E-state index contributed by atoms with van der Waals surface area (Å²) in [6, 6.07) is 4.15. The van der Waals surface area contributed by atoms with Crippen molar-refractivity contribution in [1.29, 1.82) is 0 Å². The average molecular weight is 622 g/mol. The average Bonchev–Trinajstić information content (AvgIpc) is 3.32. The summed E-state index contributed by atoms with van der Waals surface area (Å²) in [6.45, 7) is 14.5. The lowest BCUT2D eigenvalue weighted by Gasteiger charge is -2.32. The summed E-state index contributed by atoms with van der Waals surface area (Å²) in [5.74, 6) is 1.45. The maximum atomic E-state index is 12.9. The van der Waals surface area contributed by atoms with Gasteiger partial charge in [0.25, 0.3) is 0 Å². The van der Waals surface area contributed by atoms with Gasteiger partial charge in [-0.1, -0.05) is 25.1 Å². The number of rotatable bonds is 11. The van der Waals surface area contributed by atoms with E-state index in [0.717, 1.165) is 37.9 Å². The monoisotopic (exact) mass is 621 g/mol. The van der Waals surface area contributed by atoms with Crippen LogP contribution in [0.4, 0.5) is 11.4 Å². The van der Waals surface area contributed by atoms with E-state index in [1.54, 1.807) is 34.1 Å². The first-order valence-corrected chi connectivity index (χ1v) is 16.2. The first-order valence-electron chi connectivity index (χ1n) is 14.2. The normalized spacial score (nSPS) is 15.7. The van der Waals surface area contributed by atoms with E-state index in [1.165, 1.54) is 10.2 Å². The predicted molar refractivity (Wildman–Crippen MR) is 171 cm³/mol. The lowest BCUT2D eigenvalue weighted by atomic mass is 9.86. The highest BCUT2D eigenvalue weighted by Crippen LogP contribution is 2.37. The highest BCUT2D eigenvalue weighted by molar-refractivity contribution is 7.92. The Bertz CT molecular complexity index is 1410. The molecule has 13 heteroatoms. The number of aromatic nitrogens is 2. The third-order valence-corrected chi connectivity index (χ3v) is 9.41. The van der Waals surface area contributed by atoms with Gasteiger partial charge in [0.15, 0.2) is 5.84 Å². The van der Waals surface area contributed by atoms with E-state index in [4.69, 9.17) is 16.3 Å². The molecule has 0 aliphatic carbocycles. The van der Waals surface area contributed by atoms with Gasteiger partial charge >= 0.3 is 0 Å². The SMILES string of the molecule is C=C(Cl)/C(=N\C(=N/C)Nc1cc(C)c(C2CCN(CCO)CC2)cc1OCCC)Nc1cn(C)nc1S(=O)(=O)C(C)C. The standard InChI is InChI=1S/C29H44ClN7O4S/c1-8-15-41-26-17-23(22-9-11-37(12-10-22)13-14-38)20(4)16-24(26)33-29(31-6)34-27(21(5)30)32-25-18-36(7)35-28(25)42(39,40)19(2)3/h16-19,22,38H,5,8-15H2,1-4,6-7H3,(H2,31,32,33,34). The number of halogens is 1. The van der Waals surface area contributed by atoms with Crippen molar-refractivity contribution in [3.05, 3.63) is 41.1 Å². The molecule has 0 spiro atoms. The molecule has 0 unspecified atom stereocenters. The molecule has 0 amide bonds. The second kappa shape index (κ2) is 15.0. The molecule has 0 saturated carbocycles. The van der Waals surface area contributed by atoms with Crippen LogP contribution >= 0.6 is 11.6 Å². The molecule has 1 aromatic carbocycles. The molecule has 2 heterocycles. The first-order chi connectivity index (χ1) is 19.9. The maximum Gasteiger partial charge on any atom is 0.224 e. The number of hydrogen-bond acceptors (Lipinski definition) is 7. The van der Waals surface area contributed by atoms with Gasteiger partial charge in [0.05, 0.1) is 34.9 Å². The van der Waals surface area contributed by atoms with Crippen molar-refractivity contribution >= 4 is 44.6 Å². The van der Waals surface area contributed by atoms with Gasteiger partial charge < -0.3 is 25.4 Å². The number of hydrogen-bond donors (Lipinski definition) is 3. The van der Waals surface area contributed by atoms with Crippen molar-refractivity contribution in [3.8, 4) is 5.75 Å². The molecule has 1 aliphatic rings. The number of ether oxygens (including phenoxy) is 1. The van der Waals surface area contributed by atoms with Crippen LogP contribution in [0.25, 0.3) is 0 Å². The van der Waals surface area contributed by atoms with E-state index in [1.807, 2.05) is 6.07 Å². The number of aliphatic hydroxyl groups excluding tert-OH is 1. The molecule has 11 nitrogen and oxygen atoms in total. The molecule has 42 heavy (non-hydrogen) atoms. The van der Waals surface area contributed by atoms with E-state index in [9.17, 15) is 13.5 Å². The number of anilines is 2. The van der Waals surface area contributed by atoms with Gasteiger partial charge in [-0.3, -0.25) is 9.67 Å². The van der Waals surface area contributed by atoms with Crippen LogP contribution in [0.5, 0.6) is 5.75 Å². The fourth-order valence-electron chi connectivity index (χ4n) is 4.81. The number of piperidine rings is 1. The second-order valence-corrected chi connectivity index (χ2v) is 13.5. The van der Waals surface area contributed by atoms with Crippen LogP contribution in [-0.2, 0) is 16.9 Å². The zero-order chi connectivity index (χ0) is 31.0. The van der Waals surface area contributed by atoms with Crippen molar-refractivity contribution in [2.24, 2.45) is 17.0 Å². The molecule has 0 bridgehead atoms. The first kappa shape index (κ1) is 33.6. The highest BCUT2D eigenvalue weighted by atomic mass is 35.5. The van der Waals surface area contributed by atoms with Crippen molar-refractivity contribution in [2.45, 2.75) is 63.2 Å². The number of nitrogens with zero attached hydrogens (tertiary/aromatic N) is 5. The van der Waals surface area contributed by atoms with E-state index < -0.39 is 15.1 Å². The number of nitrogens with one attached hydrogen (secondary N) is 2. The topological polar surface area (TPSA) is 133 Å². The lowest BCUT2D eigenvalue weighted by Crippen LogP contribution is -2.35. The molecule has 1 saturated heterocycles. The number of amidine groups is 1. The third kappa shape index (κ3) is 8.33. The van der Waals surface area contributed by atoms with Crippen molar-refractivity contribution in [2.75, 3.05) is 50.5 Å². The van der Waals surface area contributed by atoms with Gasteiger partial charge in [-0.05, 0) is 82.3 Å². The molecule has 1 fully saturated rings. The molecule has 3 rings (SSSR count). The van der Waals surface area contributed by atoms with E-state index >= 15 is 0 Å². The summed E-state index contributed by atoms with van der Waals surface area (Å²) in [4.78, 5) is 11.1. The van der Waals surface area contributed by atoms with Crippen LogP contribution in [0, 0.1) is 6.92 Å². The van der Waals surface area contributed by atoms with Gasteiger partial charge in [0, 0.05) is 26.8 Å². The summed E-state index contributed by atoms with van der Waals surface area (Å²) >= 11 is 6.31. The summed E-state index contributed by atoms with van der Waals surface area (Å²) < 4.78 is 33.4. The minimum atomic E-state index is -3.68. The number of aryl methyl sites for hydroxylation is 2. The summed E-state index contributed by atoms with van der Waals surface area (Å²) in [6.07, 6.45) is 4.43. The fraction of sp³-hybridized carbons (Fsp3) is 0.552. The van der Waals surface area contributed by atoms with Crippen LogP contribution in [0.15, 0.2) is 45.0 Å². The van der Waals surface area contributed by atoms with Gasteiger partial charge in [-0.15, -0.1) is 0 Å². The molecular weight excluding hydrogens is 578 g/mol. The summed E-state index contributed by atoms with van der Waals surface area (Å²) in [5, 5.41) is 19.0. The van der Waals surface area contributed by atoms with E-state index in [0.29, 0.717) is 30.5 Å². The number of sulfone groups is 1. The highest BCUT2D eigenvalue weighted by Gasteiger charge is 2.28. The molecule has 232 valence electrons. The predicted octanol–water partition coefficient (Wildman–Crippen LogP) is 4.53. The van der Waals surface area contributed by atoms with E-state index in [2.05, 4.69) is 57.1 Å². The maximum absolute atomic E-state index is 12.9. The molecule has 0 atom stereocenters. The zero-order valence-corrected chi connectivity index (χ0v) is 27.0. The Kier molecular flexibility index (Phi) is 12.0. The molecule has 3 N–H and O–H groups in total. The fourth-order valence-corrected chi connectivity index (χ4v) is 6.00. The summed E-state index contributed by atoms with van der Waals surface area (Å²) in [7, 11) is -0.449. The number of β-amino-alcohol motifs (C(OH)–C–C–N with tert-alkyl or cyclic N) is 1. The Morgan fingerprint density at radius 1 is 1.26 bits per heavy atom. The molecule has 0 radical (unpaired) electrons. The Morgan fingerprint density at radius 3 is 2.52 bits per heavy atom. The van der Waals surface area contributed by atoms with Gasteiger partial charge in [-0.2, -0.15) is 10.1 Å². The van der Waals surface area contributed by atoms with Crippen LogP contribution in [0.2, 0.25) is 0 Å². The van der Waals surface area contributed by atoms with Crippen LogP contribution in [0.1, 0.15) is 57.1 Å². The number of guanidine groups is 1. The number of likely N-dealkylation sites (tertiary alicyclic amines) is 1. The van der Waals surface area contributed by atoms with Crippen molar-refractivity contribution in [1.82, 2.24) is 14.7 Å². The van der Waals surface area contributed by atoms with Crippen molar-refractivity contribution in [3.63, 3.8) is 0 Å². The van der Waals surface area contributed by atoms with Gasteiger partial charge in [-0.25, -0.2) is 8.42 Å². The third-order valence-electron chi connectivity index (χ3n) is 7.14. The number of aliphatic hydroxyl groups is 1. The Hall–Kier alpha value is -2.93. The Labute approximate surface area is 254 Å². The number of aliphatic imine (C=N–C) groups is 2. The lowest BCUT2D eigenvalue weighted by molar-refractivity contribution is 0.164. The molecular formula is C29H44ClN7O4S. The van der Waals surface area contributed by atoms with Gasteiger partial charge in [0.2, 0.25) is 20.8 Å². The number of benzene rings is 1. The van der Waals surface area contributed by atoms with Crippen LogP contribution in [0.3, 0.4) is 0 Å². The molecule has 2 aromatic rings. The second-order valence-electron chi connectivity index (χ2n) is 10.7. The van der Waals surface area contributed by atoms with Crippen LogP contribution in [-0.4, -0.2) is 85.1 Å².